The molecule has 4 nitrogen and oxygen atoms in total. The number of sulfone groups is 1. The average molecular weight is 304 g/mol. The molecule has 1 aromatic carbocycles. The number of nitriles is 1. The summed E-state index contributed by atoms with van der Waals surface area (Å²) < 4.78 is 24.2. The minimum Gasteiger partial charge on any atom is -0.315 e. The highest BCUT2D eigenvalue weighted by Crippen LogP contribution is 2.19. The Kier molecular flexibility index (Phi) is 5.54. The third-order valence-electron chi connectivity index (χ3n) is 3.65. The molecule has 5 heteroatoms. The Labute approximate surface area is 126 Å². The Morgan fingerprint density at radius 2 is 1.95 bits per heavy atom. The first kappa shape index (κ1) is 15.7. The van der Waals surface area contributed by atoms with Crippen molar-refractivity contribution < 1.29 is 8.42 Å². The molecule has 0 aromatic heterocycles. The van der Waals surface area contributed by atoms with E-state index in [1.165, 1.54) is 49.1 Å². The number of hydrogen-bond donors (Lipinski definition) is 1. The van der Waals surface area contributed by atoms with Gasteiger partial charge in [0, 0.05) is 6.54 Å². The number of rotatable bonds is 7. The Morgan fingerprint density at radius 1 is 1.19 bits per heavy atom. The first-order chi connectivity index (χ1) is 10.1. The molecule has 1 aliphatic rings. The van der Waals surface area contributed by atoms with Gasteiger partial charge in [-0.3, -0.25) is 0 Å². The molecule has 112 valence electrons. The lowest BCUT2D eigenvalue weighted by atomic mass is 10.2. The van der Waals surface area contributed by atoms with Crippen molar-refractivity contribution in [3.63, 3.8) is 0 Å². The van der Waals surface area contributed by atoms with Gasteiger partial charge in [-0.05, 0) is 56.5 Å². The van der Waals surface area contributed by atoms with Crippen LogP contribution in [0.5, 0.6) is 0 Å². The topological polar surface area (TPSA) is 70.0 Å². The predicted octanol–water partition coefficient (Wildman–Crippen LogP) is 2.42. The lowest BCUT2D eigenvalue weighted by Crippen LogP contribution is -2.24. The monoisotopic (exact) mass is 304 g/mol. The summed E-state index contributed by atoms with van der Waals surface area (Å²) in [6.45, 7) is 1.28. The van der Waals surface area contributed by atoms with Crippen molar-refractivity contribution in [3.8, 4) is 6.07 Å². The maximum atomic E-state index is 12.1. The van der Waals surface area contributed by atoms with Crippen molar-refractivity contribution in [1.29, 1.82) is 5.26 Å². The third kappa shape index (κ3) is 4.69. The van der Waals surface area contributed by atoms with Crippen LogP contribution in [0, 0.1) is 11.3 Å². The van der Waals surface area contributed by atoms with E-state index in [0.717, 1.165) is 13.0 Å². The molecule has 0 atom stereocenters. The molecule has 0 bridgehead atoms. The lowest BCUT2D eigenvalue weighted by molar-refractivity contribution is 0.590. The normalized spacial score (nSPS) is 14.7. The summed E-state index contributed by atoms with van der Waals surface area (Å²) in [7, 11) is -3.27. The fourth-order valence-electron chi connectivity index (χ4n) is 2.40. The molecule has 21 heavy (non-hydrogen) atoms. The molecule has 0 spiro atoms. The second-order valence-electron chi connectivity index (χ2n) is 5.21. The molecule has 2 rings (SSSR count). The van der Waals surface area contributed by atoms with Crippen molar-refractivity contribution in [2.45, 2.75) is 30.6 Å². The molecular formula is C16H20N2O2S. The van der Waals surface area contributed by atoms with Crippen molar-refractivity contribution in [3.05, 3.63) is 41.5 Å². The van der Waals surface area contributed by atoms with Gasteiger partial charge in [-0.25, -0.2) is 8.42 Å². The van der Waals surface area contributed by atoms with E-state index in [0.29, 0.717) is 12.1 Å². The van der Waals surface area contributed by atoms with Gasteiger partial charge < -0.3 is 5.32 Å². The number of nitrogens with one attached hydrogen (secondary N) is 1. The van der Waals surface area contributed by atoms with Crippen LogP contribution in [0.1, 0.15) is 31.2 Å². The molecule has 0 radical (unpaired) electrons. The standard InChI is InChI=1S/C16H20N2O2S/c17-13-15-5-7-16(8-6-15)21(19,20)12-11-18-10-9-14-3-1-2-4-14/h3,5-8,18H,1-2,4,9-12H2. The largest absolute Gasteiger partial charge is 0.315 e. The Bertz CT molecular complexity index is 640. The lowest BCUT2D eigenvalue weighted by Gasteiger charge is -2.07. The van der Waals surface area contributed by atoms with E-state index in [9.17, 15) is 8.42 Å². The van der Waals surface area contributed by atoms with Gasteiger partial charge in [0.05, 0.1) is 22.3 Å². The van der Waals surface area contributed by atoms with Crippen LogP contribution >= 0.6 is 0 Å². The predicted molar refractivity (Wildman–Crippen MR) is 82.6 cm³/mol. The van der Waals surface area contributed by atoms with Crippen LogP contribution in [0.2, 0.25) is 0 Å². The van der Waals surface area contributed by atoms with Crippen molar-refractivity contribution in [2.24, 2.45) is 0 Å². The molecule has 0 aliphatic heterocycles. The van der Waals surface area contributed by atoms with Crippen LogP contribution in [0.15, 0.2) is 40.8 Å². The summed E-state index contributed by atoms with van der Waals surface area (Å²) in [5, 5.41) is 11.9. The summed E-state index contributed by atoms with van der Waals surface area (Å²) in [5.74, 6) is 0.0813. The van der Waals surface area contributed by atoms with Gasteiger partial charge >= 0.3 is 0 Å². The highest BCUT2D eigenvalue weighted by atomic mass is 32.2. The van der Waals surface area contributed by atoms with Crippen LogP contribution in [0.4, 0.5) is 0 Å². The molecule has 1 aromatic rings. The van der Waals surface area contributed by atoms with Gasteiger partial charge in [0.2, 0.25) is 0 Å². The van der Waals surface area contributed by atoms with Crippen molar-refractivity contribution in [2.75, 3.05) is 18.8 Å². The van der Waals surface area contributed by atoms with Crippen LogP contribution < -0.4 is 5.32 Å². The van der Waals surface area contributed by atoms with Gasteiger partial charge in [-0.1, -0.05) is 11.6 Å². The molecule has 0 heterocycles. The van der Waals surface area contributed by atoms with Crippen LogP contribution in [0.25, 0.3) is 0 Å². The Balaban J connectivity index is 1.76. The van der Waals surface area contributed by atoms with Crippen molar-refractivity contribution >= 4 is 9.84 Å². The second kappa shape index (κ2) is 7.39. The number of hydrogen-bond acceptors (Lipinski definition) is 4. The number of nitrogens with zero attached hydrogens (tertiary/aromatic N) is 1. The smallest absolute Gasteiger partial charge is 0.179 e. The Morgan fingerprint density at radius 3 is 2.57 bits per heavy atom. The average Bonchev–Trinajstić information content (AvgIpc) is 3.00. The molecule has 0 unspecified atom stereocenters. The molecule has 0 saturated carbocycles. The number of benzene rings is 1. The first-order valence-corrected chi connectivity index (χ1v) is 8.88. The summed E-state index contributed by atoms with van der Waals surface area (Å²) in [6.07, 6.45) is 6.92. The van der Waals surface area contributed by atoms with Gasteiger partial charge in [0.15, 0.2) is 9.84 Å². The Hall–Kier alpha value is -1.64. The first-order valence-electron chi connectivity index (χ1n) is 7.23. The molecule has 0 amide bonds. The zero-order valence-electron chi connectivity index (χ0n) is 12.0. The zero-order valence-corrected chi connectivity index (χ0v) is 12.8. The van der Waals surface area contributed by atoms with Crippen LogP contribution in [-0.4, -0.2) is 27.3 Å². The quantitative estimate of drug-likeness (QED) is 0.620. The highest BCUT2D eigenvalue weighted by molar-refractivity contribution is 7.91. The molecule has 0 fully saturated rings. The molecular weight excluding hydrogens is 284 g/mol. The number of allylic oxidation sites excluding steroid dienone is 1. The summed E-state index contributed by atoms with van der Waals surface area (Å²) in [5.41, 5.74) is 1.95. The SMILES string of the molecule is N#Cc1ccc(S(=O)(=O)CCNCCC2=CCCC2)cc1. The van der Waals surface area contributed by atoms with Gasteiger partial charge in [0.1, 0.15) is 0 Å². The van der Waals surface area contributed by atoms with Crippen LogP contribution in [0.3, 0.4) is 0 Å². The van der Waals surface area contributed by atoms with Crippen LogP contribution in [-0.2, 0) is 9.84 Å². The minimum absolute atomic E-state index is 0.0813. The highest BCUT2D eigenvalue weighted by Gasteiger charge is 2.13. The minimum atomic E-state index is -3.27. The van der Waals surface area contributed by atoms with E-state index in [-0.39, 0.29) is 10.6 Å². The van der Waals surface area contributed by atoms with Gasteiger partial charge in [0.25, 0.3) is 0 Å². The van der Waals surface area contributed by atoms with E-state index in [1.807, 2.05) is 6.07 Å². The molecule has 1 N–H and O–H groups in total. The third-order valence-corrected chi connectivity index (χ3v) is 5.38. The van der Waals surface area contributed by atoms with E-state index in [2.05, 4.69) is 11.4 Å². The van der Waals surface area contributed by atoms with E-state index < -0.39 is 9.84 Å². The molecule has 0 saturated heterocycles. The maximum absolute atomic E-state index is 12.1. The summed E-state index contributed by atoms with van der Waals surface area (Å²) in [6, 6.07) is 8.04. The van der Waals surface area contributed by atoms with Gasteiger partial charge in [-0.15, -0.1) is 0 Å². The second-order valence-corrected chi connectivity index (χ2v) is 7.32. The van der Waals surface area contributed by atoms with E-state index in [1.54, 1.807) is 0 Å². The van der Waals surface area contributed by atoms with E-state index in [4.69, 9.17) is 5.26 Å². The fraction of sp³-hybridized carbons (Fsp3) is 0.438. The fourth-order valence-corrected chi connectivity index (χ4v) is 3.60. The maximum Gasteiger partial charge on any atom is 0.179 e. The summed E-state index contributed by atoms with van der Waals surface area (Å²) in [4.78, 5) is 0.279. The molecule has 1 aliphatic carbocycles. The van der Waals surface area contributed by atoms with E-state index >= 15 is 0 Å². The van der Waals surface area contributed by atoms with Crippen molar-refractivity contribution in [1.82, 2.24) is 5.32 Å². The summed E-state index contributed by atoms with van der Waals surface area (Å²) >= 11 is 0. The van der Waals surface area contributed by atoms with Gasteiger partial charge in [-0.2, -0.15) is 5.26 Å². The zero-order chi connectivity index (χ0) is 15.1.